The molecular weight excluding hydrogens is 298 g/mol. The number of aromatic nitrogens is 1. The summed E-state index contributed by atoms with van der Waals surface area (Å²) < 4.78 is 5.34. The molecule has 1 aromatic rings. The third kappa shape index (κ3) is 4.41. The molecule has 1 fully saturated rings. The minimum absolute atomic E-state index is 0. The Morgan fingerprint density at radius 3 is 2.80 bits per heavy atom. The van der Waals surface area contributed by atoms with Crippen molar-refractivity contribution in [1.82, 2.24) is 15.6 Å². The molecule has 1 saturated heterocycles. The van der Waals surface area contributed by atoms with Gasteiger partial charge in [0.25, 0.3) is 5.91 Å². The van der Waals surface area contributed by atoms with E-state index in [1.807, 2.05) is 6.92 Å². The predicted molar refractivity (Wildman–Crippen MR) is 82.8 cm³/mol. The van der Waals surface area contributed by atoms with Gasteiger partial charge in [-0.1, -0.05) is 0 Å². The molecule has 1 aromatic heterocycles. The van der Waals surface area contributed by atoms with Gasteiger partial charge in [-0.15, -0.1) is 23.7 Å². The number of nitrogens with zero attached hydrogens (tertiary/aromatic N) is 1. The fraction of sp³-hybridized carbons (Fsp3) is 0.692. The molecule has 1 aliphatic rings. The van der Waals surface area contributed by atoms with Gasteiger partial charge in [0.1, 0.15) is 4.88 Å². The number of methoxy groups -OCH3 is 1. The molecule has 0 atom stereocenters. The second kappa shape index (κ2) is 7.93. The summed E-state index contributed by atoms with van der Waals surface area (Å²) in [5.41, 5.74) is 0.0649. The normalized spacial score (nSPS) is 17.3. The first-order chi connectivity index (χ1) is 9.15. The third-order valence-corrected chi connectivity index (χ3v) is 4.50. The van der Waals surface area contributed by atoms with Gasteiger partial charge in [-0.25, -0.2) is 4.98 Å². The SMILES string of the molecule is COCC1(CNC(=O)c2cnc(C)s2)CCNCC1.Cl. The molecule has 2 rings (SSSR count). The van der Waals surface area contributed by atoms with Crippen molar-refractivity contribution in [3.05, 3.63) is 16.1 Å². The number of carbonyl (C=O) groups excluding carboxylic acids is 1. The molecule has 0 saturated carbocycles. The number of amides is 1. The van der Waals surface area contributed by atoms with Crippen LogP contribution >= 0.6 is 23.7 Å². The summed E-state index contributed by atoms with van der Waals surface area (Å²) in [6, 6.07) is 0. The van der Waals surface area contributed by atoms with Crippen molar-refractivity contribution in [1.29, 1.82) is 0 Å². The first-order valence-corrected chi connectivity index (χ1v) is 7.37. The highest BCUT2D eigenvalue weighted by atomic mass is 35.5. The van der Waals surface area contributed by atoms with Crippen molar-refractivity contribution in [2.45, 2.75) is 19.8 Å². The average Bonchev–Trinajstić information content (AvgIpc) is 2.84. The molecule has 0 unspecified atom stereocenters. The molecular formula is C13H22ClN3O2S. The maximum Gasteiger partial charge on any atom is 0.263 e. The van der Waals surface area contributed by atoms with E-state index in [4.69, 9.17) is 4.74 Å². The molecule has 1 aliphatic heterocycles. The fourth-order valence-electron chi connectivity index (χ4n) is 2.46. The largest absolute Gasteiger partial charge is 0.384 e. The van der Waals surface area contributed by atoms with Crippen LogP contribution in [0.3, 0.4) is 0 Å². The number of nitrogens with one attached hydrogen (secondary N) is 2. The minimum Gasteiger partial charge on any atom is -0.384 e. The molecule has 7 heteroatoms. The van der Waals surface area contributed by atoms with E-state index in [-0.39, 0.29) is 23.7 Å². The van der Waals surface area contributed by atoms with Gasteiger partial charge in [-0.3, -0.25) is 4.79 Å². The Bertz CT molecular complexity index is 427. The highest BCUT2D eigenvalue weighted by molar-refractivity contribution is 7.13. The Kier molecular flexibility index (Phi) is 6.88. The zero-order valence-corrected chi connectivity index (χ0v) is 13.5. The second-order valence-corrected chi connectivity index (χ2v) is 6.34. The van der Waals surface area contributed by atoms with Gasteiger partial charge in [0, 0.05) is 19.1 Å². The average molecular weight is 320 g/mol. The molecule has 2 heterocycles. The topological polar surface area (TPSA) is 63.2 Å². The van der Waals surface area contributed by atoms with Crippen LogP contribution < -0.4 is 10.6 Å². The van der Waals surface area contributed by atoms with E-state index in [0.29, 0.717) is 18.0 Å². The lowest BCUT2D eigenvalue weighted by molar-refractivity contribution is 0.0512. The first kappa shape index (κ1) is 17.4. The number of halogens is 1. The van der Waals surface area contributed by atoms with E-state index >= 15 is 0 Å². The first-order valence-electron chi connectivity index (χ1n) is 6.55. The Morgan fingerprint density at radius 1 is 1.55 bits per heavy atom. The molecule has 20 heavy (non-hydrogen) atoms. The van der Waals surface area contributed by atoms with Gasteiger partial charge in [0.15, 0.2) is 0 Å². The Morgan fingerprint density at radius 2 is 2.25 bits per heavy atom. The van der Waals surface area contributed by atoms with Gasteiger partial charge in [-0.05, 0) is 32.9 Å². The van der Waals surface area contributed by atoms with Gasteiger partial charge < -0.3 is 15.4 Å². The number of hydrogen-bond donors (Lipinski definition) is 2. The maximum absolute atomic E-state index is 12.1. The lowest BCUT2D eigenvalue weighted by Gasteiger charge is -2.37. The Balaban J connectivity index is 0.00000200. The van der Waals surface area contributed by atoms with Crippen LogP contribution in [0.5, 0.6) is 0 Å². The summed E-state index contributed by atoms with van der Waals surface area (Å²) >= 11 is 1.43. The van der Waals surface area contributed by atoms with E-state index in [0.717, 1.165) is 30.9 Å². The van der Waals surface area contributed by atoms with Gasteiger partial charge in [0.05, 0.1) is 17.8 Å². The van der Waals surface area contributed by atoms with Crippen LogP contribution in [-0.2, 0) is 4.74 Å². The van der Waals surface area contributed by atoms with Crippen molar-refractivity contribution >= 4 is 29.7 Å². The van der Waals surface area contributed by atoms with Crippen molar-refractivity contribution in [3.8, 4) is 0 Å². The molecule has 0 radical (unpaired) electrons. The van der Waals surface area contributed by atoms with E-state index in [2.05, 4.69) is 15.6 Å². The number of aryl methyl sites for hydroxylation is 1. The van der Waals surface area contributed by atoms with E-state index in [1.54, 1.807) is 13.3 Å². The number of hydrogen-bond acceptors (Lipinski definition) is 5. The highest BCUT2D eigenvalue weighted by Crippen LogP contribution is 2.28. The predicted octanol–water partition coefficient (Wildman–Crippen LogP) is 1.62. The molecule has 0 spiro atoms. The zero-order chi connectivity index (χ0) is 13.7. The standard InChI is InChI=1S/C13H21N3O2S.ClH/c1-10-15-7-11(19-10)12(17)16-8-13(9-18-2)3-5-14-6-4-13;/h7,14H,3-6,8-9H2,1-2H3,(H,16,17);1H. The van der Waals surface area contributed by atoms with Gasteiger partial charge >= 0.3 is 0 Å². The molecule has 0 aromatic carbocycles. The van der Waals surface area contributed by atoms with Crippen LogP contribution in [0.2, 0.25) is 0 Å². The van der Waals surface area contributed by atoms with Crippen LogP contribution in [0, 0.1) is 12.3 Å². The van der Waals surface area contributed by atoms with E-state index in [1.165, 1.54) is 11.3 Å². The van der Waals surface area contributed by atoms with Crippen LogP contribution in [0.1, 0.15) is 27.5 Å². The summed E-state index contributed by atoms with van der Waals surface area (Å²) in [7, 11) is 1.72. The quantitative estimate of drug-likeness (QED) is 0.865. The monoisotopic (exact) mass is 319 g/mol. The molecule has 2 N–H and O–H groups in total. The summed E-state index contributed by atoms with van der Waals surface area (Å²) in [5, 5.41) is 7.29. The number of carbonyl (C=O) groups is 1. The minimum atomic E-state index is -0.0281. The number of rotatable bonds is 5. The molecule has 114 valence electrons. The van der Waals surface area contributed by atoms with E-state index in [9.17, 15) is 4.79 Å². The summed E-state index contributed by atoms with van der Waals surface area (Å²) in [6.07, 6.45) is 3.70. The Labute approximate surface area is 129 Å². The summed E-state index contributed by atoms with van der Waals surface area (Å²) in [5.74, 6) is -0.0281. The van der Waals surface area contributed by atoms with Crippen molar-refractivity contribution in [3.63, 3.8) is 0 Å². The van der Waals surface area contributed by atoms with Crippen LogP contribution in [0.15, 0.2) is 6.20 Å². The summed E-state index contributed by atoms with van der Waals surface area (Å²) in [6.45, 7) is 5.23. The summed E-state index contributed by atoms with van der Waals surface area (Å²) in [4.78, 5) is 16.8. The van der Waals surface area contributed by atoms with E-state index < -0.39 is 0 Å². The molecule has 0 aliphatic carbocycles. The van der Waals surface area contributed by atoms with Crippen LogP contribution in [0.25, 0.3) is 0 Å². The van der Waals surface area contributed by atoms with Crippen molar-refractivity contribution in [2.75, 3.05) is 33.4 Å². The number of piperidine rings is 1. The van der Waals surface area contributed by atoms with Crippen molar-refractivity contribution < 1.29 is 9.53 Å². The molecule has 0 bridgehead atoms. The van der Waals surface area contributed by atoms with Gasteiger partial charge in [0.2, 0.25) is 0 Å². The zero-order valence-electron chi connectivity index (χ0n) is 11.9. The number of ether oxygens (including phenoxy) is 1. The third-order valence-electron chi connectivity index (χ3n) is 3.58. The molecule has 5 nitrogen and oxygen atoms in total. The lowest BCUT2D eigenvalue weighted by atomic mass is 9.79. The lowest BCUT2D eigenvalue weighted by Crippen LogP contribution is -2.47. The fourth-order valence-corrected chi connectivity index (χ4v) is 3.15. The molecule has 1 amide bonds. The highest BCUT2D eigenvalue weighted by Gasteiger charge is 2.32. The van der Waals surface area contributed by atoms with Crippen LogP contribution in [0.4, 0.5) is 0 Å². The van der Waals surface area contributed by atoms with Crippen molar-refractivity contribution in [2.24, 2.45) is 5.41 Å². The maximum atomic E-state index is 12.1. The van der Waals surface area contributed by atoms with Gasteiger partial charge in [-0.2, -0.15) is 0 Å². The van der Waals surface area contributed by atoms with Crippen LogP contribution in [-0.4, -0.2) is 44.2 Å². The Hall–Kier alpha value is -0.690. The number of thiazole rings is 1. The second-order valence-electron chi connectivity index (χ2n) is 5.11. The smallest absolute Gasteiger partial charge is 0.263 e.